The number of nitrogens with one attached hydrogen (secondary N) is 1. The van der Waals surface area contributed by atoms with E-state index >= 15 is 0 Å². The van der Waals surface area contributed by atoms with Gasteiger partial charge in [0.15, 0.2) is 9.84 Å². The quantitative estimate of drug-likeness (QED) is 0.785. The minimum Gasteiger partial charge on any atom is -0.325 e. The van der Waals surface area contributed by atoms with Gasteiger partial charge >= 0.3 is 0 Å². The summed E-state index contributed by atoms with van der Waals surface area (Å²) in [5.74, 6) is -0.111. The lowest BCUT2D eigenvalue weighted by Crippen LogP contribution is -2.28. The average molecular weight is 404 g/mol. The highest BCUT2D eigenvalue weighted by molar-refractivity contribution is 7.92. The number of sulfone groups is 1. The molecule has 2 saturated carbocycles. The SMILES string of the molecule is O=C(Nc1cccc(S(=O)(=O)C2CCCC2)c1)C1(c2cccc(Cl)c2)CC1. The van der Waals surface area contributed by atoms with E-state index in [1.165, 1.54) is 0 Å². The molecule has 0 aromatic heterocycles. The van der Waals surface area contributed by atoms with Gasteiger partial charge in [-0.2, -0.15) is 0 Å². The van der Waals surface area contributed by atoms with Crippen LogP contribution in [0.2, 0.25) is 5.02 Å². The molecule has 1 amide bonds. The highest BCUT2D eigenvalue weighted by atomic mass is 35.5. The van der Waals surface area contributed by atoms with E-state index in [1.807, 2.05) is 18.2 Å². The molecule has 0 radical (unpaired) electrons. The Labute approximate surface area is 164 Å². The summed E-state index contributed by atoms with van der Waals surface area (Å²) in [5.41, 5.74) is 0.861. The Morgan fingerprint density at radius 3 is 2.41 bits per heavy atom. The van der Waals surface area contributed by atoms with Crippen LogP contribution in [-0.2, 0) is 20.0 Å². The van der Waals surface area contributed by atoms with Crippen LogP contribution in [0.4, 0.5) is 5.69 Å². The first-order valence-corrected chi connectivity index (χ1v) is 11.3. The van der Waals surface area contributed by atoms with E-state index in [1.54, 1.807) is 30.3 Å². The molecule has 4 nitrogen and oxygen atoms in total. The van der Waals surface area contributed by atoms with Crippen LogP contribution in [0.3, 0.4) is 0 Å². The molecule has 2 aromatic rings. The third-order valence-electron chi connectivity index (χ3n) is 5.72. The molecule has 0 spiro atoms. The predicted octanol–water partition coefficient (Wildman–Crippen LogP) is 4.73. The molecule has 6 heteroatoms. The van der Waals surface area contributed by atoms with Crippen molar-refractivity contribution in [1.82, 2.24) is 0 Å². The molecule has 1 N–H and O–H groups in total. The van der Waals surface area contributed by atoms with Gasteiger partial charge in [0.05, 0.1) is 15.6 Å². The molecule has 2 fully saturated rings. The van der Waals surface area contributed by atoms with E-state index in [9.17, 15) is 13.2 Å². The molecular formula is C21H22ClNO3S. The summed E-state index contributed by atoms with van der Waals surface area (Å²) in [4.78, 5) is 13.2. The first-order chi connectivity index (χ1) is 12.9. The Morgan fingerprint density at radius 2 is 1.74 bits per heavy atom. The Balaban J connectivity index is 1.56. The smallest absolute Gasteiger partial charge is 0.235 e. The summed E-state index contributed by atoms with van der Waals surface area (Å²) < 4.78 is 25.6. The summed E-state index contributed by atoms with van der Waals surface area (Å²) >= 11 is 6.08. The fourth-order valence-electron chi connectivity index (χ4n) is 3.95. The number of benzene rings is 2. The standard InChI is InChI=1S/C21H22ClNO3S/c22-16-6-3-5-15(13-16)21(11-12-21)20(24)23-17-7-4-10-19(14-17)27(25,26)18-8-1-2-9-18/h3-7,10,13-14,18H,1-2,8-9,11-12H2,(H,23,24). The van der Waals surface area contributed by atoms with Crippen LogP contribution in [-0.4, -0.2) is 19.6 Å². The van der Waals surface area contributed by atoms with Gasteiger partial charge < -0.3 is 5.32 Å². The second-order valence-corrected chi connectivity index (χ2v) is 10.2. The highest BCUT2D eigenvalue weighted by Crippen LogP contribution is 2.49. The molecule has 4 rings (SSSR count). The predicted molar refractivity (Wildman–Crippen MR) is 107 cm³/mol. The van der Waals surface area contributed by atoms with E-state index in [2.05, 4.69) is 5.32 Å². The summed E-state index contributed by atoms with van der Waals surface area (Å²) in [6, 6.07) is 14.0. The van der Waals surface area contributed by atoms with Crippen LogP contribution in [0.15, 0.2) is 53.4 Å². The molecule has 0 saturated heterocycles. The van der Waals surface area contributed by atoms with Crippen LogP contribution in [0.25, 0.3) is 0 Å². The van der Waals surface area contributed by atoms with E-state index in [4.69, 9.17) is 11.6 Å². The number of halogens is 1. The molecule has 2 aliphatic carbocycles. The number of carbonyl (C=O) groups is 1. The van der Waals surface area contributed by atoms with E-state index < -0.39 is 15.3 Å². The van der Waals surface area contributed by atoms with Crippen LogP contribution >= 0.6 is 11.6 Å². The lowest BCUT2D eigenvalue weighted by atomic mass is 9.95. The summed E-state index contributed by atoms with van der Waals surface area (Å²) in [5, 5.41) is 3.23. The Kier molecular flexibility index (Phi) is 4.77. The van der Waals surface area contributed by atoms with Crippen molar-refractivity contribution in [2.75, 3.05) is 5.32 Å². The van der Waals surface area contributed by atoms with E-state index in [0.717, 1.165) is 44.1 Å². The van der Waals surface area contributed by atoms with Gasteiger partial charge in [-0.25, -0.2) is 8.42 Å². The topological polar surface area (TPSA) is 63.2 Å². The number of rotatable bonds is 5. The summed E-state index contributed by atoms with van der Waals surface area (Å²) in [7, 11) is -3.34. The first kappa shape index (κ1) is 18.5. The maximum atomic E-state index is 12.9. The fraction of sp³-hybridized carbons (Fsp3) is 0.381. The number of hydrogen-bond donors (Lipinski definition) is 1. The highest BCUT2D eigenvalue weighted by Gasteiger charge is 2.51. The van der Waals surface area contributed by atoms with Crippen molar-refractivity contribution < 1.29 is 13.2 Å². The molecule has 2 aromatic carbocycles. The normalized spacial score (nSPS) is 19.0. The Hall–Kier alpha value is -1.85. The van der Waals surface area contributed by atoms with Gasteiger partial charge in [-0.1, -0.05) is 42.6 Å². The summed E-state index contributed by atoms with van der Waals surface area (Å²) in [6.45, 7) is 0. The second-order valence-electron chi connectivity index (χ2n) is 7.53. The van der Waals surface area contributed by atoms with Crippen molar-refractivity contribution in [2.45, 2.75) is 54.1 Å². The van der Waals surface area contributed by atoms with E-state index in [-0.39, 0.29) is 11.2 Å². The molecule has 0 aliphatic heterocycles. The van der Waals surface area contributed by atoms with Gasteiger partial charge in [-0.15, -0.1) is 0 Å². The van der Waals surface area contributed by atoms with Gasteiger partial charge in [0.25, 0.3) is 0 Å². The van der Waals surface area contributed by atoms with Gasteiger partial charge in [0.2, 0.25) is 5.91 Å². The van der Waals surface area contributed by atoms with Crippen molar-refractivity contribution in [1.29, 1.82) is 0 Å². The number of amides is 1. The zero-order valence-electron chi connectivity index (χ0n) is 14.9. The summed E-state index contributed by atoms with van der Waals surface area (Å²) in [6.07, 6.45) is 4.89. The third-order valence-corrected chi connectivity index (χ3v) is 8.22. The third kappa shape index (κ3) is 3.50. The largest absolute Gasteiger partial charge is 0.325 e. The van der Waals surface area contributed by atoms with Gasteiger partial charge in [0.1, 0.15) is 0 Å². The van der Waals surface area contributed by atoms with Gasteiger partial charge in [-0.3, -0.25) is 4.79 Å². The first-order valence-electron chi connectivity index (χ1n) is 9.33. The maximum Gasteiger partial charge on any atom is 0.235 e. The maximum absolute atomic E-state index is 12.9. The number of hydrogen-bond acceptors (Lipinski definition) is 3. The van der Waals surface area contributed by atoms with Crippen LogP contribution in [0.5, 0.6) is 0 Å². The zero-order chi connectivity index (χ0) is 19.1. The minimum absolute atomic E-state index is 0.111. The van der Waals surface area contributed by atoms with Crippen molar-refractivity contribution >= 4 is 33.0 Å². The van der Waals surface area contributed by atoms with Crippen molar-refractivity contribution in [2.24, 2.45) is 0 Å². The molecule has 0 atom stereocenters. The van der Waals surface area contributed by atoms with E-state index in [0.29, 0.717) is 15.6 Å². The van der Waals surface area contributed by atoms with Crippen LogP contribution in [0, 0.1) is 0 Å². The molecule has 0 heterocycles. The fourth-order valence-corrected chi connectivity index (χ4v) is 6.04. The second kappa shape index (κ2) is 6.95. The van der Waals surface area contributed by atoms with Crippen LogP contribution in [0.1, 0.15) is 44.1 Å². The molecular weight excluding hydrogens is 382 g/mol. The average Bonchev–Trinajstić information content (AvgIpc) is 3.28. The molecule has 2 aliphatic rings. The van der Waals surface area contributed by atoms with Gasteiger partial charge in [-0.05, 0) is 61.6 Å². The zero-order valence-corrected chi connectivity index (χ0v) is 16.5. The molecule has 0 bridgehead atoms. The lowest BCUT2D eigenvalue weighted by Gasteiger charge is -2.17. The number of carbonyl (C=O) groups excluding carboxylic acids is 1. The van der Waals surface area contributed by atoms with Gasteiger partial charge in [0, 0.05) is 10.7 Å². The Morgan fingerprint density at radius 1 is 1.04 bits per heavy atom. The monoisotopic (exact) mass is 403 g/mol. The Bertz CT molecular complexity index is 976. The minimum atomic E-state index is -3.34. The molecule has 27 heavy (non-hydrogen) atoms. The number of anilines is 1. The van der Waals surface area contributed by atoms with Crippen molar-refractivity contribution in [3.63, 3.8) is 0 Å². The van der Waals surface area contributed by atoms with Crippen molar-refractivity contribution in [3.05, 3.63) is 59.1 Å². The van der Waals surface area contributed by atoms with Crippen molar-refractivity contribution in [3.8, 4) is 0 Å². The van der Waals surface area contributed by atoms with Crippen LogP contribution < -0.4 is 5.32 Å². The molecule has 142 valence electrons. The lowest BCUT2D eigenvalue weighted by molar-refractivity contribution is -0.118. The molecule has 0 unspecified atom stereocenters.